The molecule has 2 rings (SSSR count). The van der Waals surface area contributed by atoms with E-state index in [1.54, 1.807) is 38.1 Å². The number of carbonyl (C=O) groups excluding carboxylic acids is 2. The summed E-state index contributed by atoms with van der Waals surface area (Å²) >= 11 is 0. The summed E-state index contributed by atoms with van der Waals surface area (Å²) in [4.78, 5) is 24.2. The van der Waals surface area contributed by atoms with Gasteiger partial charge in [0.15, 0.2) is 0 Å². The summed E-state index contributed by atoms with van der Waals surface area (Å²) in [5, 5.41) is 0. The average molecular weight is 783 g/mol. The van der Waals surface area contributed by atoms with E-state index in [2.05, 4.69) is 34.6 Å². The van der Waals surface area contributed by atoms with E-state index < -0.39 is 37.8 Å². The smallest absolute Gasteiger partial charge is 0.421 e. The minimum absolute atomic E-state index is 0.0157. The van der Waals surface area contributed by atoms with Crippen molar-refractivity contribution in [2.75, 3.05) is 13.2 Å². The highest BCUT2D eigenvalue weighted by molar-refractivity contribution is 7.90. The van der Waals surface area contributed by atoms with Gasteiger partial charge in [0.1, 0.15) is 5.60 Å². The van der Waals surface area contributed by atoms with E-state index in [9.17, 15) is 26.4 Å². The Hall–Kier alpha value is -3.16. The number of carbonyl (C=O) groups is 2. The van der Waals surface area contributed by atoms with E-state index in [1.807, 2.05) is 57.9 Å². The summed E-state index contributed by atoms with van der Waals surface area (Å²) < 4.78 is 69.6. The highest BCUT2D eigenvalue weighted by Gasteiger charge is 2.34. The molecule has 0 saturated heterocycles. The molecule has 0 aliphatic rings. The van der Waals surface area contributed by atoms with Gasteiger partial charge < -0.3 is 14.2 Å². The van der Waals surface area contributed by atoms with Gasteiger partial charge in [-0.25, -0.2) is 35.9 Å². The Morgan fingerprint density at radius 2 is 1.15 bits per heavy atom. The molecule has 0 aromatic heterocycles. The summed E-state index contributed by atoms with van der Waals surface area (Å²) in [5.41, 5.74) is 0.565. The Labute approximate surface area is 320 Å². The van der Waals surface area contributed by atoms with Crippen LogP contribution >= 0.6 is 0 Å². The SMILES string of the molecule is CCCCC(C)(C)OCC(C)C(C)(C)OC(=O)NS(=O)(=O)c1ccc(C)cc1.Cc1ccc(S(=O)(=O)NC(=O)OCC(C)(C)CC(C)(C)C(C)C)cc1. The third-order valence-electron chi connectivity index (χ3n) is 9.59. The summed E-state index contributed by atoms with van der Waals surface area (Å²) in [6.45, 7) is 28.6. The molecule has 1 unspecified atom stereocenters. The molecule has 0 radical (unpaired) electrons. The summed E-state index contributed by atoms with van der Waals surface area (Å²) in [6.07, 6.45) is 2.05. The van der Waals surface area contributed by atoms with Gasteiger partial charge in [0.05, 0.1) is 28.6 Å². The third-order valence-corrected chi connectivity index (χ3v) is 12.2. The van der Waals surface area contributed by atoms with Crippen LogP contribution in [0, 0.1) is 36.5 Å². The van der Waals surface area contributed by atoms with E-state index in [0.717, 1.165) is 36.8 Å². The molecule has 0 spiro atoms. The van der Waals surface area contributed by atoms with Crippen molar-refractivity contribution in [3.8, 4) is 0 Å². The predicted octanol–water partition coefficient (Wildman–Crippen LogP) is 9.32. The number of ether oxygens (including phenoxy) is 3. The van der Waals surface area contributed by atoms with Crippen molar-refractivity contribution < 1.29 is 40.6 Å². The molecule has 1 atom stereocenters. The molecule has 11 nitrogen and oxygen atoms in total. The van der Waals surface area contributed by atoms with Gasteiger partial charge >= 0.3 is 12.2 Å². The maximum atomic E-state index is 12.3. The average Bonchev–Trinajstić information content (AvgIpc) is 3.01. The van der Waals surface area contributed by atoms with Crippen molar-refractivity contribution in [1.29, 1.82) is 0 Å². The van der Waals surface area contributed by atoms with Gasteiger partial charge in [-0.1, -0.05) is 104 Å². The zero-order valence-corrected chi connectivity index (χ0v) is 36.1. The van der Waals surface area contributed by atoms with Crippen LogP contribution < -0.4 is 9.44 Å². The van der Waals surface area contributed by atoms with Crippen LogP contribution in [0.25, 0.3) is 0 Å². The van der Waals surface area contributed by atoms with E-state index >= 15 is 0 Å². The molecule has 2 amide bonds. The molecule has 2 aromatic rings. The highest BCUT2D eigenvalue weighted by Crippen LogP contribution is 2.39. The minimum atomic E-state index is -3.98. The van der Waals surface area contributed by atoms with Crippen molar-refractivity contribution in [2.24, 2.45) is 22.7 Å². The number of amides is 2. The standard InChI is InChI=1S/C21H35NO5S.C19H31NO4S/c1-8-9-14-20(4,5)26-15-17(3)21(6,7)27-19(23)22-28(24,25)18-12-10-16(2)11-13-18;1-14(2)19(6,7)12-18(4,5)13-24-17(21)20-25(22,23)16-10-8-15(3)9-11-16/h10-13,17H,8-9,14-15H2,1-7H3,(H,22,23);8-11,14H,12-13H2,1-7H3,(H,20,21). The molecule has 2 N–H and O–H groups in total. The fraction of sp³-hybridized carbons (Fsp3) is 0.650. The Morgan fingerprint density at radius 1 is 0.717 bits per heavy atom. The minimum Gasteiger partial charge on any atom is -0.448 e. The normalized spacial score (nSPS) is 13.4. The molecule has 13 heteroatoms. The predicted molar refractivity (Wildman–Crippen MR) is 211 cm³/mol. The van der Waals surface area contributed by atoms with Crippen molar-refractivity contribution in [1.82, 2.24) is 9.44 Å². The Bertz CT molecular complexity index is 1680. The number of sulfonamides is 2. The highest BCUT2D eigenvalue weighted by atomic mass is 32.2. The van der Waals surface area contributed by atoms with Crippen LogP contribution in [0.3, 0.4) is 0 Å². The molecule has 0 aliphatic heterocycles. The molecule has 0 fully saturated rings. The van der Waals surface area contributed by atoms with Crippen LogP contribution in [-0.4, -0.2) is 53.4 Å². The van der Waals surface area contributed by atoms with Crippen molar-refractivity contribution in [3.05, 3.63) is 59.7 Å². The van der Waals surface area contributed by atoms with Crippen LogP contribution in [0.15, 0.2) is 58.3 Å². The van der Waals surface area contributed by atoms with Crippen molar-refractivity contribution >= 4 is 32.2 Å². The van der Waals surface area contributed by atoms with E-state index in [4.69, 9.17) is 14.2 Å². The van der Waals surface area contributed by atoms with E-state index in [0.29, 0.717) is 12.5 Å². The summed E-state index contributed by atoms with van der Waals surface area (Å²) in [7, 11) is -7.89. The second-order valence-corrected chi connectivity index (χ2v) is 20.3. The van der Waals surface area contributed by atoms with Gasteiger partial charge in [-0.2, -0.15) is 0 Å². The number of hydrogen-bond acceptors (Lipinski definition) is 9. The lowest BCUT2D eigenvalue weighted by molar-refractivity contribution is -0.0828. The van der Waals surface area contributed by atoms with Gasteiger partial charge in [0.2, 0.25) is 0 Å². The van der Waals surface area contributed by atoms with Crippen LogP contribution in [0.4, 0.5) is 9.59 Å². The summed E-state index contributed by atoms with van der Waals surface area (Å²) in [5.74, 6) is 0.365. The first-order chi connectivity index (χ1) is 24.0. The van der Waals surface area contributed by atoms with Crippen molar-refractivity contribution in [2.45, 2.75) is 144 Å². The lowest BCUT2D eigenvalue weighted by Gasteiger charge is -2.37. The van der Waals surface area contributed by atoms with Crippen LogP contribution in [0.2, 0.25) is 0 Å². The third kappa shape index (κ3) is 17.2. The lowest BCUT2D eigenvalue weighted by atomic mass is 9.70. The Balaban J connectivity index is 0.000000533. The van der Waals surface area contributed by atoms with Gasteiger partial charge in [-0.15, -0.1) is 0 Å². The van der Waals surface area contributed by atoms with Crippen molar-refractivity contribution in [3.63, 3.8) is 0 Å². The molecule has 2 aromatic carbocycles. The van der Waals surface area contributed by atoms with Gasteiger partial charge in [0.25, 0.3) is 20.0 Å². The van der Waals surface area contributed by atoms with E-state index in [-0.39, 0.29) is 38.7 Å². The number of unbranched alkanes of at least 4 members (excludes halogenated alkanes) is 1. The Morgan fingerprint density at radius 3 is 1.57 bits per heavy atom. The number of hydrogen-bond donors (Lipinski definition) is 2. The van der Waals surface area contributed by atoms with Crippen LogP contribution in [-0.2, 0) is 34.3 Å². The molecule has 53 heavy (non-hydrogen) atoms. The summed E-state index contributed by atoms with van der Waals surface area (Å²) in [6, 6.07) is 12.5. The zero-order valence-electron chi connectivity index (χ0n) is 34.5. The fourth-order valence-electron chi connectivity index (χ4n) is 5.14. The maximum absolute atomic E-state index is 12.3. The molecule has 0 aliphatic carbocycles. The first-order valence-corrected chi connectivity index (χ1v) is 21.2. The Kier molecular flexibility index (Phi) is 17.5. The number of nitrogens with one attached hydrogen (secondary N) is 2. The second-order valence-electron chi connectivity index (χ2n) is 17.0. The largest absolute Gasteiger partial charge is 0.448 e. The molecule has 302 valence electrons. The van der Waals surface area contributed by atoms with E-state index in [1.165, 1.54) is 24.3 Å². The monoisotopic (exact) mass is 782 g/mol. The van der Waals surface area contributed by atoms with Gasteiger partial charge in [-0.05, 0) is 95.4 Å². The van der Waals surface area contributed by atoms with Crippen LogP contribution in [0.1, 0.15) is 120 Å². The van der Waals surface area contributed by atoms with Gasteiger partial charge in [-0.3, -0.25) is 0 Å². The first-order valence-electron chi connectivity index (χ1n) is 18.3. The quantitative estimate of drug-likeness (QED) is 0.160. The lowest BCUT2D eigenvalue weighted by Crippen LogP contribution is -2.43. The number of aryl methyl sites for hydroxylation is 2. The first kappa shape index (κ1) is 47.9. The second kappa shape index (κ2) is 19.4. The molecular weight excluding hydrogens is 717 g/mol. The molecule has 0 heterocycles. The fourth-order valence-corrected chi connectivity index (χ4v) is 6.90. The molecule has 0 bridgehead atoms. The number of rotatable bonds is 17. The maximum Gasteiger partial charge on any atom is 0.421 e. The van der Waals surface area contributed by atoms with Gasteiger partial charge in [0, 0.05) is 5.92 Å². The topological polar surface area (TPSA) is 154 Å². The zero-order chi connectivity index (χ0) is 41.1. The molecular formula is C40H66N2O9S2. The molecule has 0 saturated carbocycles. The number of benzene rings is 2. The van der Waals surface area contributed by atoms with Crippen LogP contribution in [0.5, 0.6) is 0 Å².